The first-order valence-corrected chi connectivity index (χ1v) is 5.40. The van der Waals surface area contributed by atoms with Gasteiger partial charge in [0.05, 0.1) is 12.7 Å². The van der Waals surface area contributed by atoms with Gasteiger partial charge in [-0.25, -0.2) is 0 Å². The summed E-state index contributed by atoms with van der Waals surface area (Å²) >= 11 is 5.97. The maximum absolute atomic E-state index is 5.97. The molecule has 0 aromatic heterocycles. The van der Waals surface area contributed by atoms with Crippen molar-refractivity contribution in [2.45, 2.75) is 45.6 Å². The van der Waals surface area contributed by atoms with Crippen molar-refractivity contribution < 1.29 is 4.74 Å². The first-order valence-electron chi connectivity index (χ1n) is 4.86. The highest BCUT2D eigenvalue weighted by Crippen LogP contribution is 2.39. The highest BCUT2D eigenvalue weighted by atomic mass is 35.5. The molecule has 0 spiro atoms. The van der Waals surface area contributed by atoms with Crippen LogP contribution in [0.15, 0.2) is 0 Å². The average Bonchev–Trinajstić information content (AvgIpc) is 2.50. The maximum Gasteiger partial charge on any atom is 0.0537 e. The van der Waals surface area contributed by atoms with Gasteiger partial charge in [0.25, 0.3) is 0 Å². The van der Waals surface area contributed by atoms with Crippen LogP contribution in [0.1, 0.15) is 39.5 Å². The smallest absolute Gasteiger partial charge is 0.0537 e. The summed E-state index contributed by atoms with van der Waals surface area (Å²) in [5.74, 6) is 0.764. The van der Waals surface area contributed by atoms with Gasteiger partial charge in [0.1, 0.15) is 0 Å². The zero-order valence-electron chi connectivity index (χ0n) is 8.11. The van der Waals surface area contributed by atoms with E-state index >= 15 is 0 Å². The summed E-state index contributed by atoms with van der Waals surface area (Å²) in [7, 11) is 0. The van der Waals surface area contributed by atoms with E-state index in [2.05, 4.69) is 13.8 Å². The first kappa shape index (κ1) is 10.3. The van der Waals surface area contributed by atoms with Crippen molar-refractivity contribution in [3.05, 3.63) is 0 Å². The van der Waals surface area contributed by atoms with E-state index in [1.807, 2.05) is 0 Å². The molecule has 0 radical (unpaired) electrons. The van der Waals surface area contributed by atoms with Crippen LogP contribution in [0.5, 0.6) is 0 Å². The van der Waals surface area contributed by atoms with Crippen LogP contribution in [-0.4, -0.2) is 18.6 Å². The van der Waals surface area contributed by atoms with Crippen LogP contribution in [0.25, 0.3) is 0 Å². The fraction of sp³-hybridized carbons (Fsp3) is 1.00. The molecule has 1 aliphatic carbocycles. The van der Waals surface area contributed by atoms with Crippen molar-refractivity contribution in [2.24, 2.45) is 5.41 Å². The molecule has 1 aliphatic rings. The summed E-state index contributed by atoms with van der Waals surface area (Å²) in [6, 6.07) is 0. The Hall–Kier alpha value is 0.250. The molecule has 0 aliphatic heterocycles. The molecule has 12 heavy (non-hydrogen) atoms. The Morgan fingerprint density at radius 1 is 1.33 bits per heavy atom. The Morgan fingerprint density at radius 2 is 1.92 bits per heavy atom. The van der Waals surface area contributed by atoms with Gasteiger partial charge >= 0.3 is 0 Å². The van der Waals surface area contributed by atoms with Gasteiger partial charge in [-0.2, -0.15) is 0 Å². The topological polar surface area (TPSA) is 9.23 Å². The second kappa shape index (κ2) is 4.48. The zero-order chi connectivity index (χ0) is 9.03. The summed E-state index contributed by atoms with van der Waals surface area (Å²) in [5.41, 5.74) is 0.311. The fourth-order valence-electron chi connectivity index (χ4n) is 1.78. The molecule has 1 nitrogen and oxygen atoms in total. The van der Waals surface area contributed by atoms with Crippen molar-refractivity contribution in [3.8, 4) is 0 Å². The molecule has 0 unspecified atom stereocenters. The van der Waals surface area contributed by atoms with Crippen molar-refractivity contribution in [1.82, 2.24) is 0 Å². The minimum Gasteiger partial charge on any atom is -0.378 e. The van der Waals surface area contributed by atoms with Crippen LogP contribution >= 0.6 is 11.6 Å². The Labute approximate surface area is 80.4 Å². The number of alkyl halides is 1. The van der Waals surface area contributed by atoms with Gasteiger partial charge in [0.2, 0.25) is 0 Å². The SMILES string of the molecule is CC(C)OCC1(CCl)CCCC1. The molecule has 1 rings (SSSR count). The second-order valence-corrected chi connectivity index (χ2v) is 4.47. The molecule has 0 heterocycles. The molecule has 0 bridgehead atoms. The molecule has 0 atom stereocenters. The predicted molar refractivity (Wildman–Crippen MR) is 52.7 cm³/mol. The lowest BCUT2D eigenvalue weighted by Crippen LogP contribution is -2.27. The molecule has 0 aromatic rings. The van der Waals surface area contributed by atoms with Crippen LogP contribution in [0.2, 0.25) is 0 Å². The molecule has 2 heteroatoms. The lowest BCUT2D eigenvalue weighted by atomic mass is 9.90. The molecule has 0 N–H and O–H groups in total. The summed E-state index contributed by atoms with van der Waals surface area (Å²) in [5, 5.41) is 0. The van der Waals surface area contributed by atoms with Crippen LogP contribution in [0.3, 0.4) is 0 Å². The quantitative estimate of drug-likeness (QED) is 0.619. The number of ether oxygens (including phenoxy) is 1. The summed E-state index contributed by atoms with van der Waals surface area (Å²) in [6.45, 7) is 5.02. The summed E-state index contributed by atoms with van der Waals surface area (Å²) in [4.78, 5) is 0. The fourth-order valence-corrected chi connectivity index (χ4v) is 2.13. The third-order valence-corrected chi connectivity index (χ3v) is 3.24. The van der Waals surface area contributed by atoms with Crippen LogP contribution in [0.4, 0.5) is 0 Å². The van der Waals surface area contributed by atoms with Gasteiger partial charge in [0, 0.05) is 11.3 Å². The van der Waals surface area contributed by atoms with Crippen molar-refractivity contribution >= 4 is 11.6 Å². The van der Waals surface area contributed by atoms with E-state index < -0.39 is 0 Å². The van der Waals surface area contributed by atoms with E-state index in [9.17, 15) is 0 Å². The molecular formula is C10H19ClO. The van der Waals surface area contributed by atoms with E-state index in [0.717, 1.165) is 12.5 Å². The lowest BCUT2D eigenvalue weighted by Gasteiger charge is -2.26. The lowest BCUT2D eigenvalue weighted by molar-refractivity contribution is 0.0184. The van der Waals surface area contributed by atoms with E-state index in [-0.39, 0.29) is 0 Å². The highest BCUT2D eigenvalue weighted by molar-refractivity contribution is 6.18. The van der Waals surface area contributed by atoms with Crippen molar-refractivity contribution in [3.63, 3.8) is 0 Å². The minimum atomic E-state index is 0.311. The van der Waals surface area contributed by atoms with Crippen molar-refractivity contribution in [1.29, 1.82) is 0 Å². The molecule has 72 valence electrons. The summed E-state index contributed by atoms with van der Waals surface area (Å²) < 4.78 is 5.64. The van der Waals surface area contributed by atoms with Crippen LogP contribution in [-0.2, 0) is 4.74 Å². The second-order valence-electron chi connectivity index (χ2n) is 4.20. The Morgan fingerprint density at radius 3 is 2.33 bits per heavy atom. The Bertz CT molecular complexity index is 128. The molecule has 0 saturated heterocycles. The van der Waals surface area contributed by atoms with Gasteiger partial charge in [0.15, 0.2) is 0 Å². The number of hydrogen-bond donors (Lipinski definition) is 0. The number of hydrogen-bond acceptors (Lipinski definition) is 1. The minimum absolute atomic E-state index is 0.311. The van der Waals surface area contributed by atoms with Crippen LogP contribution < -0.4 is 0 Å². The first-order chi connectivity index (χ1) is 5.68. The zero-order valence-corrected chi connectivity index (χ0v) is 8.86. The van der Waals surface area contributed by atoms with E-state index in [1.165, 1.54) is 25.7 Å². The van der Waals surface area contributed by atoms with Crippen LogP contribution in [0, 0.1) is 5.41 Å². The molecular weight excluding hydrogens is 172 g/mol. The molecule has 0 amide bonds. The Balaban J connectivity index is 2.34. The predicted octanol–water partition coefficient (Wildman–Crippen LogP) is 3.21. The van der Waals surface area contributed by atoms with E-state index in [4.69, 9.17) is 16.3 Å². The van der Waals surface area contributed by atoms with Gasteiger partial charge in [-0.05, 0) is 26.7 Å². The van der Waals surface area contributed by atoms with E-state index in [1.54, 1.807) is 0 Å². The largest absolute Gasteiger partial charge is 0.378 e. The molecule has 1 saturated carbocycles. The standard InChI is InChI=1S/C10H19ClO/c1-9(2)12-8-10(7-11)5-3-4-6-10/h9H,3-8H2,1-2H3. The highest BCUT2D eigenvalue weighted by Gasteiger charge is 2.33. The monoisotopic (exact) mass is 190 g/mol. The number of rotatable bonds is 4. The van der Waals surface area contributed by atoms with Gasteiger partial charge < -0.3 is 4.74 Å². The van der Waals surface area contributed by atoms with E-state index in [0.29, 0.717) is 11.5 Å². The third-order valence-electron chi connectivity index (χ3n) is 2.67. The average molecular weight is 191 g/mol. The molecule has 0 aromatic carbocycles. The summed E-state index contributed by atoms with van der Waals surface area (Å²) in [6.07, 6.45) is 5.50. The third kappa shape index (κ3) is 2.63. The Kier molecular flexibility index (Phi) is 3.85. The maximum atomic E-state index is 5.97. The van der Waals surface area contributed by atoms with Crippen molar-refractivity contribution in [2.75, 3.05) is 12.5 Å². The van der Waals surface area contributed by atoms with Gasteiger partial charge in [-0.3, -0.25) is 0 Å². The molecule has 1 fully saturated rings. The van der Waals surface area contributed by atoms with Gasteiger partial charge in [-0.15, -0.1) is 11.6 Å². The normalized spacial score (nSPS) is 22.0. The van der Waals surface area contributed by atoms with Gasteiger partial charge in [-0.1, -0.05) is 12.8 Å². The number of halogens is 1.